The number of aromatic nitrogens is 5. The van der Waals surface area contributed by atoms with Gasteiger partial charge >= 0.3 is 0 Å². The highest BCUT2D eigenvalue weighted by Crippen LogP contribution is 2.30. The van der Waals surface area contributed by atoms with E-state index in [0.717, 1.165) is 40.2 Å². The highest BCUT2D eigenvalue weighted by Gasteiger charge is 2.14. The average Bonchev–Trinajstić information content (AvgIpc) is 3.38. The normalized spacial score (nSPS) is 11.0. The van der Waals surface area contributed by atoms with Crippen molar-refractivity contribution in [2.75, 3.05) is 12.4 Å². The molecule has 7 heteroatoms. The highest BCUT2D eigenvalue weighted by atomic mass is 16.5. The number of benzene rings is 1. The summed E-state index contributed by atoms with van der Waals surface area (Å²) in [4.78, 5) is 8.85. The standard InChI is InChI=1S/C24H22N6O/c1-29-16-19(13-27-29)21-10-18-12-25-23(28-20-8-9-24(31-2)26-14-20)11-22(18)30(21)15-17-6-4-3-5-7-17/h3-14,16H,15H2,1-2H3,(H,25,28). The third-order valence-corrected chi connectivity index (χ3v) is 5.19. The smallest absolute Gasteiger partial charge is 0.213 e. The van der Waals surface area contributed by atoms with Crippen LogP contribution < -0.4 is 10.1 Å². The molecule has 0 fully saturated rings. The minimum absolute atomic E-state index is 0.576. The van der Waals surface area contributed by atoms with Gasteiger partial charge in [0.25, 0.3) is 0 Å². The Labute approximate surface area is 180 Å². The van der Waals surface area contributed by atoms with Crippen molar-refractivity contribution in [3.63, 3.8) is 0 Å². The molecule has 0 aliphatic carbocycles. The van der Waals surface area contributed by atoms with Crippen LogP contribution in [0.2, 0.25) is 0 Å². The Morgan fingerprint density at radius 2 is 1.84 bits per heavy atom. The zero-order chi connectivity index (χ0) is 21.2. The van der Waals surface area contributed by atoms with Crippen LogP contribution in [0.4, 0.5) is 11.5 Å². The van der Waals surface area contributed by atoms with Crippen molar-refractivity contribution in [1.82, 2.24) is 24.3 Å². The van der Waals surface area contributed by atoms with Crippen molar-refractivity contribution in [3.8, 4) is 17.1 Å². The third-order valence-electron chi connectivity index (χ3n) is 5.19. The summed E-state index contributed by atoms with van der Waals surface area (Å²) in [6.07, 6.45) is 7.56. The molecule has 1 N–H and O–H groups in total. The van der Waals surface area contributed by atoms with Gasteiger partial charge in [-0.1, -0.05) is 30.3 Å². The molecule has 0 radical (unpaired) electrons. The van der Waals surface area contributed by atoms with Crippen LogP contribution >= 0.6 is 0 Å². The molecule has 0 atom stereocenters. The number of pyridine rings is 2. The van der Waals surface area contributed by atoms with Crippen molar-refractivity contribution >= 4 is 22.4 Å². The first kappa shape index (κ1) is 18.9. The predicted molar refractivity (Wildman–Crippen MR) is 122 cm³/mol. The molecular weight excluding hydrogens is 388 g/mol. The van der Waals surface area contributed by atoms with Crippen molar-refractivity contribution in [2.24, 2.45) is 7.05 Å². The van der Waals surface area contributed by atoms with Crippen molar-refractivity contribution in [2.45, 2.75) is 6.54 Å². The number of methoxy groups -OCH3 is 1. The topological polar surface area (TPSA) is 69.8 Å². The third kappa shape index (κ3) is 3.85. The fourth-order valence-electron chi connectivity index (χ4n) is 3.68. The van der Waals surface area contributed by atoms with E-state index in [9.17, 15) is 0 Å². The van der Waals surface area contributed by atoms with Gasteiger partial charge in [0.2, 0.25) is 5.88 Å². The van der Waals surface area contributed by atoms with E-state index in [1.54, 1.807) is 13.3 Å². The summed E-state index contributed by atoms with van der Waals surface area (Å²) in [6.45, 7) is 0.752. The molecule has 0 saturated heterocycles. The van der Waals surface area contributed by atoms with Gasteiger partial charge in [0.15, 0.2) is 0 Å². The maximum Gasteiger partial charge on any atom is 0.213 e. The minimum Gasteiger partial charge on any atom is -0.481 e. The lowest BCUT2D eigenvalue weighted by Crippen LogP contribution is -2.02. The van der Waals surface area contributed by atoms with E-state index >= 15 is 0 Å². The molecule has 0 aliphatic rings. The van der Waals surface area contributed by atoms with Crippen molar-refractivity contribution in [3.05, 3.63) is 84.9 Å². The number of anilines is 2. The van der Waals surface area contributed by atoms with E-state index in [1.807, 2.05) is 48.5 Å². The fraction of sp³-hybridized carbons (Fsp3) is 0.125. The molecule has 0 amide bonds. The van der Waals surface area contributed by atoms with E-state index in [2.05, 4.69) is 61.3 Å². The summed E-state index contributed by atoms with van der Waals surface area (Å²) in [5.74, 6) is 1.33. The Balaban J connectivity index is 1.57. The number of hydrogen-bond donors (Lipinski definition) is 1. The van der Waals surface area contributed by atoms with Gasteiger partial charge in [-0.25, -0.2) is 9.97 Å². The van der Waals surface area contributed by atoms with Crippen LogP contribution in [0.25, 0.3) is 22.2 Å². The molecule has 4 heterocycles. The number of aryl methyl sites for hydroxylation is 1. The molecule has 31 heavy (non-hydrogen) atoms. The van der Waals surface area contributed by atoms with Crippen LogP contribution in [0.3, 0.4) is 0 Å². The SMILES string of the molecule is COc1ccc(Nc2cc3c(cn2)cc(-c2cnn(C)c2)n3Cc2ccccc2)cn1. The first-order chi connectivity index (χ1) is 15.2. The first-order valence-electron chi connectivity index (χ1n) is 9.99. The molecule has 5 rings (SSSR count). The number of ether oxygens (including phenoxy) is 1. The Morgan fingerprint density at radius 1 is 0.968 bits per heavy atom. The van der Waals surface area contributed by atoms with Crippen LogP contribution in [0.15, 0.2) is 79.4 Å². The Bertz CT molecular complexity index is 1320. The molecule has 0 aliphatic heterocycles. The predicted octanol–water partition coefficient (Wildman–Crippen LogP) is 4.63. The van der Waals surface area contributed by atoms with Crippen molar-refractivity contribution < 1.29 is 4.74 Å². The first-order valence-corrected chi connectivity index (χ1v) is 9.99. The summed E-state index contributed by atoms with van der Waals surface area (Å²) in [6, 6.07) is 18.4. The second kappa shape index (κ2) is 7.95. The van der Waals surface area contributed by atoms with Gasteiger partial charge in [-0.2, -0.15) is 5.10 Å². The summed E-state index contributed by atoms with van der Waals surface area (Å²) in [5, 5.41) is 8.77. The second-order valence-electron chi connectivity index (χ2n) is 7.35. The van der Waals surface area contributed by atoms with Gasteiger partial charge in [-0.15, -0.1) is 0 Å². The van der Waals surface area contributed by atoms with E-state index in [-0.39, 0.29) is 0 Å². The molecule has 5 aromatic rings. The number of nitrogens with zero attached hydrogens (tertiary/aromatic N) is 5. The molecule has 7 nitrogen and oxygen atoms in total. The quantitative estimate of drug-likeness (QED) is 0.442. The van der Waals surface area contributed by atoms with Gasteiger partial charge in [0, 0.05) is 49.1 Å². The molecule has 0 spiro atoms. The van der Waals surface area contributed by atoms with Crippen LogP contribution in [0.5, 0.6) is 5.88 Å². The monoisotopic (exact) mass is 410 g/mol. The Hall–Kier alpha value is -4.13. The summed E-state index contributed by atoms with van der Waals surface area (Å²) in [5.41, 5.74) is 5.36. The van der Waals surface area contributed by atoms with Crippen molar-refractivity contribution in [1.29, 1.82) is 0 Å². The van der Waals surface area contributed by atoms with E-state index in [1.165, 1.54) is 5.56 Å². The maximum absolute atomic E-state index is 5.13. The van der Waals surface area contributed by atoms with Gasteiger partial charge in [-0.3, -0.25) is 4.68 Å². The molecule has 0 saturated carbocycles. The number of hydrogen-bond acceptors (Lipinski definition) is 5. The van der Waals surface area contributed by atoms with E-state index < -0.39 is 0 Å². The number of rotatable bonds is 6. The van der Waals surface area contributed by atoms with Gasteiger partial charge in [0.1, 0.15) is 5.82 Å². The van der Waals surface area contributed by atoms with Crippen LogP contribution in [-0.2, 0) is 13.6 Å². The molecule has 4 aromatic heterocycles. The minimum atomic E-state index is 0.576. The van der Waals surface area contributed by atoms with Gasteiger partial charge in [-0.05, 0) is 17.7 Å². The van der Waals surface area contributed by atoms with E-state index in [4.69, 9.17) is 4.74 Å². The van der Waals surface area contributed by atoms with Gasteiger partial charge in [0.05, 0.1) is 36.4 Å². The van der Waals surface area contributed by atoms with E-state index in [0.29, 0.717) is 5.88 Å². The largest absolute Gasteiger partial charge is 0.481 e. The number of fused-ring (bicyclic) bond motifs is 1. The number of nitrogens with one attached hydrogen (secondary N) is 1. The Kier molecular flexibility index (Phi) is 4.84. The lowest BCUT2D eigenvalue weighted by atomic mass is 10.2. The maximum atomic E-state index is 5.13. The van der Waals surface area contributed by atoms with Crippen LogP contribution in [0.1, 0.15) is 5.56 Å². The zero-order valence-electron chi connectivity index (χ0n) is 17.4. The molecular formula is C24H22N6O. The summed E-state index contributed by atoms with van der Waals surface area (Å²) >= 11 is 0. The summed E-state index contributed by atoms with van der Waals surface area (Å²) in [7, 11) is 3.53. The molecule has 0 bridgehead atoms. The lowest BCUT2D eigenvalue weighted by Gasteiger charge is -2.11. The molecule has 154 valence electrons. The van der Waals surface area contributed by atoms with Gasteiger partial charge < -0.3 is 14.6 Å². The molecule has 0 unspecified atom stereocenters. The highest BCUT2D eigenvalue weighted by molar-refractivity contribution is 5.88. The molecule has 1 aromatic carbocycles. The Morgan fingerprint density at radius 3 is 2.55 bits per heavy atom. The average molecular weight is 410 g/mol. The summed E-state index contributed by atoms with van der Waals surface area (Å²) < 4.78 is 9.26. The lowest BCUT2D eigenvalue weighted by molar-refractivity contribution is 0.398. The fourth-order valence-corrected chi connectivity index (χ4v) is 3.68. The van der Waals surface area contributed by atoms with Crippen LogP contribution in [0, 0.1) is 0 Å². The van der Waals surface area contributed by atoms with Crippen LogP contribution in [-0.4, -0.2) is 31.4 Å². The zero-order valence-corrected chi connectivity index (χ0v) is 17.4. The second-order valence-corrected chi connectivity index (χ2v) is 7.35.